The van der Waals surface area contributed by atoms with E-state index in [0.29, 0.717) is 46.7 Å². The maximum absolute atomic E-state index is 12.7. The second-order valence-electron chi connectivity index (χ2n) is 7.50. The molecule has 0 spiro atoms. The van der Waals surface area contributed by atoms with Gasteiger partial charge < -0.3 is 20.9 Å². The van der Waals surface area contributed by atoms with Crippen molar-refractivity contribution < 1.29 is 4.79 Å². The first kappa shape index (κ1) is 20.0. The zero-order chi connectivity index (χ0) is 21.5. The van der Waals surface area contributed by atoms with Crippen LogP contribution in [0.25, 0.3) is 21.9 Å². The minimum atomic E-state index is -0.281. The first-order valence-electron chi connectivity index (χ1n) is 9.83. The standard InChI is InChI=1S/C21H19Cl2N7O/c22-13-7-16-17(8-14(13)23)29-21(28-16)18(30-4-3-25-9-19(30)31)6-11-1-2-12-15(5-11)26-10-27-20(12)24/h1-2,5,7-8,10,18,25H,3-4,6,9H2,(H,28,29)(H2,24,26,27). The molecule has 1 atom stereocenters. The quantitative estimate of drug-likeness (QED) is 0.435. The van der Waals surface area contributed by atoms with E-state index in [1.54, 1.807) is 12.1 Å². The molecule has 4 N–H and O–H groups in total. The Morgan fingerprint density at radius 1 is 1.13 bits per heavy atom. The number of nitrogens with one attached hydrogen (secondary N) is 2. The van der Waals surface area contributed by atoms with Gasteiger partial charge >= 0.3 is 0 Å². The van der Waals surface area contributed by atoms with Crippen LogP contribution in [-0.2, 0) is 11.2 Å². The molecule has 1 amide bonds. The third-order valence-corrected chi connectivity index (χ3v) is 6.24. The summed E-state index contributed by atoms with van der Waals surface area (Å²) in [6, 6.07) is 9.07. The molecule has 5 rings (SSSR count). The Balaban J connectivity index is 1.57. The number of carbonyl (C=O) groups excluding carboxylic acids is 1. The predicted molar refractivity (Wildman–Crippen MR) is 121 cm³/mol. The third-order valence-electron chi connectivity index (χ3n) is 5.52. The molecule has 0 bridgehead atoms. The van der Waals surface area contributed by atoms with Crippen LogP contribution in [0.2, 0.25) is 10.0 Å². The van der Waals surface area contributed by atoms with E-state index in [9.17, 15) is 4.79 Å². The number of anilines is 1. The van der Waals surface area contributed by atoms with Gasteiger partial charge in [0.25, 0.3) is 0 Å². The smallest absolute Gasteiger partial charge is 0.237 e. The summed E-state index contributed by atoms with van der Waals surface area (Å²) >= 11 is 12.3. The lowest BCUT2D eigenvalue weighted by Gasteiger charge is -2.34. The number of nitrogens with two attached hydrogens (primary N) is 1. The molecule has 1 fully saturated rings. The van der Waals surface area contributed by atoms with Crippen LogP contribution in [0.15, 0.2) is 36.7 Å². The van der Waals surface area contributed by atoms with Crippen molar-refractivity contribution >= 4 is 56.9 Å². The fourth-order valence-corrected chi connectivity index (χ4v) is 4.28. The Hall–Kier alpha value is -2.94. The molecule has 10 heteroatoms. The molecule has 0 saturated carbocycles. The lowest BCUT2D eigenvalue weighted by atomic mass is 10.0. The zero-order valence-corrected chi connectivity index (χ0v) is 17.9. The number of hydrogen-bond acceptors (Lipinski definition) is 6. The molecule has 3 heterocycles. The van der Waals surface area contributed by atoms with E-state index in [-0.39, 0.29) is 11.9 Å². The minimum Gasteiger partial charge on any atom is -0.383 e. The molecule has 0 aliphatic carbocycles. The average molecular weight is 456 g/mol. The number of hydrogen-bond donors (Lipinski definition) is 3. The van der Waals surface area contributed by atoms with Gasteiger partial charge in [0.1, 0.15) is 18.0 Å². The highest BCUT2D eigenvalue weighted by molar-refractivity contribution is 6.42. The van der Waals surface area contributed by atoms with Gasteiger partial charge in [-0.25, -0.2) is 15.0 Å². The predicted octanol–water partition coefficient (Wildman–Crippen LogP) is 3.11. The maximum Gasteiger partial charge on any atom is 0.237 e. The number of piperazine rings is 1. The number of benzene rings is 2. The second-order valence-corrected chi connectivity index (χ2v) is 8.31. The molecule has 0 radical (unpaired) electrons. The van der Waals surface area contributed by atoms with Crippen molar-refractivity contribution in [2.75, 3.05) is 25.4 Å². The Morgan fingerprint density at radius 3 is 2.81 bits per heavy atom. The number of carbonyl (C=O) groups is 1. The van der Waals surface area contributed by atoms with Crippen LogP contribution in [0.4, 0.5) is 5.82 Å². The monoisotopic (exact) mass is 455 g/mol. The normalized spacial score (nSPS) is 15.7. The van der Waals surface area contributed by atoms with Crippen LogP contribution < -0.4 is 11.1 Å². The molecule has 1 unspecified atom stereocenters. The Kier molecular flexibility index (Phi) is 5.13. The van der Waals surface area contributed by atoms with Crippen molar-refractivity contribution in [2.24, 2.45) is 0 Å². The van der Waals surface area contributed by atoms with Crippen molar-refractivity contribution in [1.29, 1.82) is 0 Å². The highest BCUT2D eigenvalue weighted by Gasteiger charge is 2.30. The molecule has 8 nitrogen and oxygen atoms in total. The molecular formula is C21H19Cl2N7O. The van der Waals surface area contributed by atoms with Gasteiger partial charge in [0, 0.05) is 24.9 Å². The SMILES string of the molecule is Nc1ncnc2cc(CC(c3nc4cc(Cl)c(Cl)cc4[nH]3)N3CCNCC3=O)ccc12. The molecule has 2 aromatic carbocycles. The van der Waals surface area contributed by atoms with Gasteiger partial charge in [0.15, 0.2) is 0 Å². The number of aromatic nitrogens is 4. The summed E-state index contributed by atoms with van der Waals surface area (Å²) in [7, 11) is 0. The number of rotatable bonds is 4. The van der Waals surface area contributed by atoms with E-state index in [1.807, 2.05) is 23.1 Å². The number of nitrogen functional groups attached to an aromatic ring is 1. The van der Waals surface area contributed by atoms with Crippen molar-refractivity contribution in [1.82, 2.24) is 30.2 Å². The maximum atomic E-state index is 12.7. The molecule has 31 heavy (non-hydrogen) atoms. The van der Waals surface area contributed by atoms with Gasteiger partial charge in [-0.3, -0.25) is 4.79 Å². The van der Waals surface area contributed by atoms with Gasteiger partial charge in [-0.05, 0) is 29.8 Å². The topological polar surface area (TPSA) is 113 Å². The van der Waals surface area contributed by atoms with Crippen molar-refractivity contribution in [3.05, 3.63) is 58.1 Å². The average Bonchev–Trinajstić information content (AvgIpc) is 3.15. The first-order valence-corrected chi connectivity index (χ1v) is 10.6. The van der Waals surface area contributed by atoms with Crippen LogP contribution in [0.3, 0.4) is 0 Å². The van der Waals surface area contributed by atoms with Crippen LogP contribution in [0, 0.1) is 0 Å². The van der Waals surface area contributed by atoms with Crippen molar-refractivity contribution in [2.45, 2.75) is 12.5 Å². The molecule has 2 aromatic heterocycles. The molecule has 1 aliphatic rings. The Morgan fingerprint density at radius 2 is 1.97 bits per heavy atom. The summed E-state index contributed by atoms with van der Waals surface area (Å²) in [6.07, 6.45) is 2.01. The number of fused-ring (bicyclic) bond motifs is 2. The lowest BCUT2D eigenvalue weighted by molar-refractivity contribution is -0.134. The summed E-state index contributed by atoms with van der Waals surface area (Å²) in [5, 5.41) is 4.81. The largest absolute Gasteiger partial charge is 0.383 e. The second kappa shape index (κ2) is 7.96. The molecule has 1 saturated heterocycles. The zero-order valence-electron chi connectivity index (χ0n) is 16.4. The number of imidazole rings is 1. The van der Waals surface area contributed by atoms with Gasteiger partial charge in [0.05, 0.1) is 39.2 Å². The number of H-pyrrole nitrogens is 1. The minimum absolute atomic E-state index is 0.0279. The number of nitrogens with zero attached hydrogens (tertiary/aromatic N) is 4. The molecule has 4 aromatic rings. The van der Waals surface area contributed by atoms with E-state index in [1.165, 1.54) is 6.33 Å². The highest BCUT2D eigenvalue weighted by atomic mass is 35.5. The highest BCUT2D eigenvalue weighted by Crippen LogP contribution is 2.31. The fourth-order valence-electron chi connectivity index (χ4n) is 3.96. The lowest BCUT2D eigenvalue weighted by Crippen LogP contribution is -2.50. The third kappa shape index (κ3) is 3.78. The van der Waals surface area contributed by atoms with Crippen LogP contribution in [-0.4, -0.2) is 50.4 Å². The van der Waals surface area contributed by atoms with Crippen molar-refractivity contribution in [3.8, 4) is 0 Å². The van der Waals surface area contributed by atoms with E-state index < -0.39 is 0 Å². The Bertz CT molecular complexity index is 1270. The number of amides is 1. The summed E-state index contributed by atoms with van der Waals surface area (Å²) in [6.45, 7) is 1.61. The van der Waals surface area contributed by atoms with E-state index in [4.69, 9.17) is 33.9 Å². The van der Waals surface area contributed by atoms with E-state index >= 15 is 0 Å². The van der Waals surface area contributed by atoms with E-state index in [0.717, 1.165) is 28.5 Å². The number of aromatic amines is 1. The van der Waals surface area contributed by atoms with Crippen molar-refractivity contribution in [3.63, 3.8) is 0 Å². The summed E-state index contributed by atoms with van der Waals surface area (Å²) < 4.78 is 0. The fraction of sp³-hybridized carbons (Fsp3) is 0.238. The summed E-state index contributed by atoms with van der Waals surface area (Å²) in [5.41, 5.74) is 9.21. The van der Waals surface area contributed by atoms with Crippen LogP contribution in [0.1, 0.15) is 17.4 Å². The summed E-state index contributed by atoms with van der Waals surface area (Å²) in [4.78, 5) is 31.0. The van der Waals surface area contributed by atoms with Gasteiger partial charge in [0.2, 0.25) is 5.91 Å². The molecule has 158 valence electrons. The summed E-state index contributed by atoms with van der Waals surface area (Å²) in [5.74, 6) is 1.16. The molecule has 1 aliphatic heterocycles. The number of halogens is 2. The molecular weight excluding hydrogens is 437 g/mol. The van der Waals surface area contributed by atoms with E-state index in [2.05, 4.69) is 20.3 Å². The van der Waals surface area contributed by atoms with Crippen LogP contribution >= 0.6 is 23.2 Å². The van der Waals surface area contributed by atoms with Gasteiger partial charge in [-0.1, -0.05) is 29.3 Å². The first-order chi connectivity index (χ1) is 15.0. The van der Waals surface area contributed by atoms with Gasteiger partial charge in [-0.2, -0.15) is 0 Å². The van der Waals surface area contributed by atoms with Gasteiger partial charge in [-0.15, -0.1) is 0 Å². The van der Waals surface area contributed by atoms with Crippen LogP contribution in [0.5, 0.6) is 0 Å². The Labute approximate surface area is 187 Å².